The summed E-state index contributed by atoms with van der Waals surface area (Å²) in [5.74, 6) is -0.706. The molecule has 0 saturated heterocycles. The van der Waals surface area contributed by atoms with Crippen LogP contribution in [-0.4, -0.2) is 29.3 Å². The van der Waals surface area contributed by atoms with E-state index in [1.54, 1.807) is 18.2 Å². The monoisotopic (exact) mass is 298 g/mol. The molecule has 5 heteroatoms. The van der Waals surface area contributed by atoms with Crippen LogP contribution in [0.25, 0.3) is 0 Å². The van der Waals surface area contributed by atoms with Crippen molar-refractivity contribution in [3.63, 3.8) is 0 Å². The van der Waals surface area contributed by atoms with Crippen molar-refractivity contribution < 1.29 is 9.59 Å². The topological polar surface area (TPSA) is 63.4 Å². The molecule has 0 aromatic heterocycles. The second-order valence-corrected chi connectivity index (χ2v) is 4.92. The van der Waals surface area contributed by atoms with Gasteiger partial charge in [0.1, 0.15) is 0 Å². The molecule has 0 atom stereocenters. The zero-order chi connectivity index (χ0) is 13.0. The van der Waals surface area contributed by atoms with Crippen molar-refractivity contribution in [1.82, 2.24) is 4.90 Å². The van der Waals surface area contributed by atoms with E-state index in [4.69, 9.17) is 5.73 Å². The fraction of sp³-hybridized carbons (Fsp3) is 0.333. The lowest BCUT2D eigenvalue weighted by atomic mass is 10.1. The number of carbonyl (C=O) groups is 2. The Kier molecular flexibility index (Phi) is 4.69. The number of nitrogens with two attached hydrogens (primary N) is 1. The van der Waals surface area contributed by atoms with Gasteiger partial charge in [0.05, 0.1) is 6.54 Å². The van der Waals surface area contributed by atoms with Gasteiger partial charge in [-0.15, -0.1) is 0 Å². The molecule has 2 N–H and O–H groups in total. The first-order valence-electron chi connectivity index (χ1n) is 5.26. The number of carbonyl (C=O) groups excluding carboxylic acids is 2. The summed E-state index contributed by atoms with van der Waals surface area (Å²) in [5, 5.41) is 0. The summed E-state index contributed by atoms with van der Waals surface area (Å²) in [6.45, 7) is 3.63. The Morgan fingerprint density at radius 2 is 2.06 bits per heavy atom. The van der Waals surface area contributed by atoms with Crippen molar-refractivity contribution in [3.8, 4) is 0 Å². The number of benzene rings is 1. The van der Waals surface area contributed by atoms with E-state index in [2.05, 4.69) is 15.9 Å². The van der Waals surface area contributed by atoms with Crippen LogP contribution in [0.4, 0.5) is 0 Å². The summed E-state index contributed by atoms with van der Waals surface area (Å²) >= 11 is 3.31. The van der Waals surface area contributed by atoms with Crippen molar-refractivity contribution in [2.45, 2.75) is 19.9 Å². The second kappa shape index (κ2) is 5.82. The Morgan fingerprint density at radius 1 is 1.41 bits per heavy atom. The number of amides is 2. The third-order valence-corrected chi connectivity index (χ3v) is 2.78. The fourth-order valence-corrected chi connectivity index (χ4v) is 1.84. The number of nitrogens with zero attached hydrogens (tertiary/aromatic N) is 1. The Labute approximate surface area is 109 Å². The van der Waals surface area contributed by atoms with E-state index < -0.39 is 5.91 Å². The molecule has 17 heavy (non-hydrogen) atoms. The van der Waals surface area contributed by atoms with Gasteiger partial charge in [-0.1, -0.05) is 22.0 Å². The summed E-state index contributed by atoms with van der Waals surface area (Å²) in [5.41, 5.74) is 5.67. The Morgan fingerprint density at radius 3 is 2.53 bits per heavy atom. The van der Waals surface area contributed by atoms with Crippen LogP contribution in [0.5, 0.6) is 0 Å². The Hall–Kier alpha value is -1.36. The molecule has 0 aliphatic carbocycles. The molecular formula is C12H15BrN2O2. The minimum Gasteiger partial charge on any atom is -0.368 e. The molecular weight excluding hydrogens is 284 g/mol. The van der Waals surface area contributed by atoms with Gasteiger partial charge in [0.25, 0.3) is 5.91 Å². The predicted molar refractivity (Wildman–Crippen MR) is 69.5 cm³/mol. The van der Waals surface area contributed by atoms with Crippen LogP contribution in [0.1, 0.15) is 24.2 Å². The van der Waals surface area contributed by atoms with Crippen molar-refractivity contribution in [3.05, 3.63) is 34.3 Å². The molecule has 1 aromatic rings. The van der Waals surface area contributed by atoms with Crippen LogP contribution in [0.15, 0.2) is 28.7 Å². The highest BCUT2D eigenvalue weighted by Crippen LogP contribution is 2.14. The smallest absolute Gasteiger partial charge is 0.254 e. The first-order valence-corrected chi connectivity index (χ1v) is 6.06. The highest BCUT2D eigenvalue weighted by molar-refractivity contribution is 9.10. The van der Waals surface area contributed by atoms with Crippen molar-refractivity contribution >= 4 is 27.7 Å². The van der Waals surface area contributed by atoms with Crippen molar-refractivity contribution in [2.75, 3.05) is 6.54 Å². The first-order chi connectivity index (χ1) is 7.91. The maximum absolute atomic E-state index is 12.2. The van der Waals surface area contributed by atoms with E-state index in [1.165, 1.54) is 4.90 Å². The van der Waals surface area contributed by atoms with Crippen LogP contribution in [0.2, 0.25) is 0 Å². The van der Waals surface area contributed by atoms with Gasteiger partial charge in [0.15, 0.2) is 0 Å². The number of rotatable bonds is 4. The Bertz CT molecular complexity index is 432. The fourth-order valence-electron chi connectivity index (χ4n) is 1.44. The van der Waals surface area contributed by atoms with E-state index in [-0.39, 0.29) is 18.5 Å². The van der Waals surface area contributed by atoms with Crippen LogP contribution < -0.4 is 5.73 Å². The number of primary amides is 1. The standard InChI is InChI=1S/C12H15BrN2O2/c1-8(2)15(7-11(14)16)12(17)9-4-3-5-10(13)6-9/h3-6,8H,7H2,1-2H3,(H2,14,16). The lowest BCUT2D eigenvalue weighted by Gasteiger charge is -2.25. The average Bonchev–Trinajstić information content (AvgIpc) is 2.24. The van der Waals surface area contributed by atoms with Crippen LogP contribution in [-0.2, 0) is 4.79 Å². The van der Waals surface area contributed by atoms with Gasteiger partial charge in [0, 0.05) is 16.1 Å². The summed E-state index contributed by atoms with van der Waals surface area (Å²) in [6.07, 6.45) is 0. The molecule has 0 aliphatic heterocycles. The summed E-state index contributed by atoms with van der Waals surface area (Å²) in [6, 6.07) is 6.97. The van der Waals surface area contributed by atoms with E-state index in [0.717, 1.165) is 4.47 Å². The molecule has 0 spiro atoms. The first kappa shape index (κ1) is 13.7. The number of hydrogen-bond acceptors (Lipinski definition) is 2. The van der Waals surface area contributed by atoms with Gasteiger partial charge in [-0.05, 0) is 32.0 Å². The predicted octanol–water partition coefficient (Wildman–Crippen LogP) is 1.78. The molecule has 4 nitrogen and oxygen atoms in total. The summed E-state index contributed by atoms with van der Waals surface area (Å²) < 4.78 is 0.825. The largest absolute Gasteiger partial charge is 0.368 e. The molecule has 2 amide bonds. The van der Waals surface area contributed by atoms with E-state index in [0.29, 0.717) is 5.56 Å². The van der Waals surface area contributed by atoms with Crippen LogP contribution in [0.3, 0.4) is 0 Å². The van der Waals surface area contributed by atoms with E-state index >= 15 is 0 Å². The molecule has 0 saturated carbocycles. The zero-order valence-electron chi connectivity index (χ0n) is 9.81. The van der Waals surface area contributed by atoms with Gasteiger partial charge in [-0.25, -0.2) is 0 Å². The van der Waals surface area contributed by atoms with Gasteiger partial charge in [-0.2, -0.15) is 0 Å². The quantitative estimate of drug-likeness (QED) is 0.921. The third-order valence-electron chi connectivity index (χ3n) is 2.28. The average molecular weight is 299 g/mol. The molecule has 0 heterocycles. The molecule has 0 fully saturated rings. The minimum atomic E-state index is -0.512. The number of halogens is 1. The van der Waals surface area contributed by atoms with Crippen molar-refractivity contribution in [1.29, 1.82) is 0 Å². The van der Waals surface area contributed by atoms with Crippen LogP contribution in [0, 0.1) is 0 Å². The number of hydrogen-bond donors (Lipinski definition) is 1. The van der Waals surface area contributed by atoms with E-state index in [1.807, 2.05) is 19.9 Å². The van der Waals surface area contributed by atoms with Crippen LogP contribution >= 0.6 is 15.9 Å². The minimum absolute atomic E-state index is 0.0665. The van der Waals surface area contributed by atoms with Gasteiger partial charge < -0.3 is 10.6 Å². The molecule has 1 aromatic carbocycles. The molecule has 0 aliphatic rings. The molecule has 0 unspecified atom stereocenters. The maximum atomic E-state index is 12.2. The Balaban J connectivity index is 2.95. The highest BCUT2D eigenvalue weighted by Gasteiger charge is 2.20. The molecule has 92 valence electrons. The molecule has 0 radical (unpaired) electrons. The normalized spacial score (nSPS) is 10.4. The maximum Gasteiger partial charge on any atom is 0.254 e. The van der Waals surface area contributed by atoms with E-state index in [9.17, 15) is 9.59 Å². The molecule has 0 bridgehead atoms. The lowest BCUT2D eigenvalue weighted by Crippen LogP contribution is -2.42. The SMILES string of the molecule is CC(C)N(CC(N)=O)C(=O)c1cccc(Br)c1. The lowest BCUT2D eigenvalue weighted by molar-refractivity contribution is -0.119. The third kappa shape index (κ3) is 3.85. The summed E-state index contributed by atoms with van der Waals surface area (Å²) in [7, 11) is 0. The second-order valence-electron chi connectivity index (χ2n) is 4.00. The van der Waals surface area contributed by atoms with Gasteiger partial charge in [-0.3, -0.25) is 9.59 Å². The zero-order valence-corrected chi connectivity index (χ0v) is 11.4. The van der Waals surface area contributed by atoms with Crippen molar-refractivity contribution in [2.24, 2.45) is 5.73 Å². The van der Waals surface area contributed by atoms with Gasteiger partial charge >= 0.3 is 0 Å². The van der Waals surface area contributed by atoms with Gasteiger partial charge in [0.2, 0.25) is 5.91 Å². The summed E-state index contributed by atoms with van der Waals surface area (Å²) in [4.78, 5) is 24.6. The highest BCUT2D eigenvalue weighted by atomic mass is 79.9. The molecule has 1 rings (SSSR count).